The van der Waals surface area contributed by atoms with Crippen molar-refractivity contribution >= 4 is 5.97 Å². The number of rotatable bonds is 19. The van der Waals surface area contributed by atoms with Crippen LogP contribution in [0.4, 0.5) is 0 Å². The topological polar surface area (TPSA) is 35.5 Å². The summed E-state index contributed by atoms with van der Waals surface area (Å²) in [6.45, 7) is 11.2. The molecule has 0 amide bonds. The Balaban J connectivity index is 2.16. The molecule has 1 aromatic rings. The van der Waals surface area contributed by atoms with E-state index in [9.17, 15) is 4.79 Å². The van der Waals surface area contributed by atoms with Gasteiger partial charge in [0.15, 0.2) is 0 Å². The molecule has 3 nitrogen and oxygen atoms in total. The molecule has 0 spiro atoms. The van der Waals surface area contributed by atoms with Crippen molar-refractivity contribution in [3.8, 4) is 0 Å². The number of hydrogen-bond donors (Lipinski definition) is 0. The summed E-state index contributed by atoms with van der Waals surface area (Å²) in [5, 5.41) is 0. The maximum atomic E-state index is 12.4. The van der Waals surface area contributed by atoms with E-state index in [0.29, 0.717) is 12.2 Å². The number of unbranched alkanes of at least 4 members (excludes halogenated alkanes) is 5. The van der Waals surface area contributed by atoms with Crippen LogP contribution in [0.2, 0.25) is 0 Å². The summed E-state index contributed by atoms with van der Waals surface area (Å²) in [6, 6.07) is 8.01. The van der Waals surface area contributed by atoms with Crippen molar-refractivity contribution in [2.24, 2.45) is 11.8 Å². The highest BCUT2D eigenvalue weighted by Crippen LogP contribution is 2.18. The third-order valence-corrected chi connectivity index (χ3v) is 5.92. The minimum absolute atomic E-state index is 0.180. The Kier molecular flexibility index (Phi) is 16.3. The molecule has 0 radical (unpaired) electrons. The molecule has 1 aromatic carbocycles. The molecule has 0 heterocycles. The molecule has 0 saturated heterocycles. The second kappa shape index (κ2) is 18.2. The summed E-state index contributed by atoms with van der Waals surface area (Å²) in [6.07, 6.45) is 14.4. The zero-order valence-corrected chi connectivity index (χ0v) is 20.8. The van der Waals surface area contributed by atoms with Crippen LogP contribution in [0, 0.1) is 11.8 Å². The van der Waals surface area contributed by atoms with E-state index in [1.165, 1.54) is 56.9 Å². The number of aryl methyl sites for hydroxylation is 1. The summed E-state index contributed by atoms with van der Waals surface area (Å²) < 4.78 is 10.8. The van der Waals surface area contributed by atoms with Crippen LogP contribution in [-0.4, -0.2) is 25.8 Å². The second-order valence-corrected chi connectivity index (χ2v) is 9.48. The van der Waals surface area contributed by atoms with E-state index in [0.717, 1.165) is 50.7 Å². The first kappa shape index (κ1) is 27.7. The van der Waals surface area contributed by atoms with Crippen molar-refractivity contribution < 1.29 is 14.3 Å². The molecule has 1 rings (SSSR count). The molecule has 0 aliphatic carbocycles. The van der Waals surface area contributed by atoms with Gasteiger partial charge in [0.25, 0.3) is 0 Å². The fourth-order valence-corrected chi connectivity index (χ4v) is 3.93. The first-order valence-corrected chi connectivity index (χ1v) is 12.9. The van der Waals surface area contributed by atoms with Gasteiger partial charge >= 0.3 is 5.97 Å². The molecule has 0 aliphatic rings. The Morgan fingerprint density at radius 1 is 0.839 bits per heavy atom. The molecule has 0 fully saturated rings. The van der Waals surface area contributed by atoms with Crippen LogP contribution in [0.3, 0.4) is 0 Å². The number of benzene rings is 1. The lowest BCUT2D eigenvalue weighted by atomic mass is 9.94. The summed E-state index contributed by atoms with van der Waals surface area (Å²) >= 11 is 0. The van der Waals surface area contributed by atoms with Crippen molar-refractivity contribution in [3.63, 3.8) is 0 Å². The van der Waals surface area contributed by atoms with Crippen molar-refractivity contribution in [1.82, 2.24) is 0 Å². The van der Waals surface area contributed by atoms with Crippen LogP contribution in [-0.2, 0) is 15.9 Å². The van der Waals surface area contributed by atoms with Crippen LogP contribution < -0.4 is 0 Å². The van der Waals surface area contributed by atoms with Gasteiger partial charge in [-0.1, -0.05) is 84.3 Å². The van der Waals surface area contributed by atoms with Gasteiger partial charge in [-0.15, -0.1) is 0 Å². The summed E-state index contributed by atoms with van der Waals surface area (Å²) in [4.78, 5) is 12.4. The van der Waals surface area contributed by atoms with Gasteiger partial charge < -0.3 is 9.47 Å². The second-order valence-electron chi connectivity index (χ2n) is 9.48. The van der Waals surface area contributed by atoms with E-state index < -0.39 is 0 Å². The molecule has 31 heavy (non-hydrogen) atoms. The highest BCUT2D eigenvalue weighted by atomic mass is 16.5. The van der Waals surface area contributed by atoms with E-state index in [-0.39, 0.29) is 5.97 Å². The molecule has 0 aromatic heterocycles. The number of carbonyl (C=O) groups is 1. The first-order valence-electron chi connectivity index (χ1n) is 12.9. The van der Waals surface area contributed by atoms with E-state index in [1.54, 1.807) is 0 Å². The zero-order chi connectivity index (χ0) is 22.7. The van der Waals surface area contributed by atoms with Gasteiger partial charge in [-0.2, -0.15) is 0 Å². The Hall–Kier alpha value is -1.35. The number of esters is 1. The Bertz CT molecular complexity index is 567. The third-order valence-electron chi connectivity index (χ3n) is 5.92. The monoisotopic (exact) mass is 432 g/mol. The Morgan fingerprint density at radius 3 is 2.23 bits per heavy atom. The number of ether oxygens (including phenoxy) is 2. The van der Waals surface area contributed by atoms with Gasteiger partial charge in [-0.3, -0.25) is 0 Å². The van der Waals surface area contributed by atoms with Crippen molar-refractivity contribution in [2.45, 2.75) is 105 Å². The maximum Gasteiger partial charge on any atom is 0.338 e. The van der Waals surface area contributed by atoms with E-state index >= 15 is 0 Å². The normalized spacial score (nSPS) is 12.3. The lowest BCUT2D eigenvalue weighted by Crippen LogP contribution is -2.07. The molecule has 0 aliphatic heterocycles. The van der Waals surface area contributed by atoms with Gasteiger partial charge in [0, 0.05) is 13.2 Å². The minimum atomic E-state index is -0.180. The lowest BCUT2D eigenvalue weighted by molar-refractivity contribution is 0.0497. The van der Waals surface area contributed by atoms with Crippen LogP contribution in [0.25, 0.3) is 0 Å². The zero-order valence-electron chi connectivity index (χ0n) is 20.8. The van der Waals surface area contributed by atoms with Crippen LogP contribution >= 0.6 is 0 Å². The van der Waals surface area contributed by atoms with Gasteiger partial charge in [0.05, 0.1) is 12.2 Å². The Morgan fingerprint density at radius 2 is 1.52 bits per heavy atom. The number of hydrogen-bond acceptors (Lipinski definition) is 3. The number of carbonyl (C=O) groups excluding carboxylic acids is 1. The minimum Gasteiger partial charge on any atom is -0.462 e. The van der Waals surface area contributed by atoms with Crippen molar-refractivity contribution in [1.29, 1.82) is 0 Å². The summed E-state index contributed by atoms with van der Waals surface area (Å²) in [7, 11) is 0. The quantitative estimate of drug-likeness (QED) is 0.164. The molecular weight excluding hydrogens is 384 g/mol. The molecule has 0 N–H and O–H groups in total. The van der Waals surface area contributed by atoms with Crippen molar-refractivity contribution in [2.75, 3.05) is 19.8 Å². The predicted molar refractivity (Wildman–Crippen MR) is 132 cm³/mol. The molecule has 0 saturated carbocycles. The van der Waals surface area contributed by atoms with Gasteiger partial charge in [0.2, 0.25) is 0 Å². The van der Waals surface area contributed by atoms with Crippen LogP contribution in [0.5, 0.6) is 0 Å². The average Bonchev–Trinajstić information content (AvgIpc) is 2.75. The van der Waals surface area contributed by atoms with Gasteiger partial charge in [-0.25, -0.2) is 4.79 Å². The molecule has 178 valence electrons. The third kappa shape index (κ3) is 15.1. The van der Waals surface area contributed by atoms with E-state index in [1.807, 2.05) is 25.1 Å². The highest BCUT2D eigenvalue weighted by Gasteiger charge is 2.09. The SMILES string of the molecule is CCOCCCCCCCCOC(=O)c1cccc(CCCC(C)CCCC(C)C)c1. The van der Waals surface area contributed by atoms with Gasteiger partial charge in [-0.05, 0) is 62.1 Å². The van der Waals surface area contributed by atoms with E-state index in [4.69, 9.17) is 9.47 Å². The van der Waals surface area contributed by atoms with Gasteiger partial charge in [0.1, 0.15) is 0 Å². The molecule has 1 atom stereocenters. The summed E-state index contributed by atoms with van der Waals surface area (Å²) in [5.41, 5.74) is 1.94. The van der Waals surface area contributed by atoms with Crippen molar-refractivity contribution in [3.05, 3.63) is 35.4 Å². The summed E-state index contributed by atoms with van der Waals surface area (Å²) in [5.74, 6) is 1.42. The molecule has 0 bridgehead atoms. The van der Waals surface area contributed by atoms with E-state index in [2.05, 4.69) is 26.8 Å². The molecule has 3 heteroatoms. The first-order chi connectivity index (χ1) is 15.0. The fraction of sp³-hybridized carbons (Fsp3) is 0.750. The smallest absolute Gasteiger partial charge is 0.338 e. The maximum absolute atomic E-state index is 12.4. The standard InChI is InChI=1S/C28H48O3/c1-5-30-21-10-8-6-7-9-11-22-31-28(29)27-20-14-19-26(23-27)18-13-17-25(4)16-12-15-24(2)3/h14,19-20,23-25H,5-13,15-18,21-22H2,1-4H3. The van der Waals surface area contributed by atoms with Crippen LogP contribution in [0.1, 0.15) is 114 Å². The fourth-order valence-electron chi connectivity index (χ4n) is 3.93. The predicted octanol–water partition coefficient (Wildman–Crippen LogP) is 8.01. The molecular formula is C28H48O3. The lowest BCUT2D eigenvalue weighted by Gasteiger charge is -2.12. The largest absolute Gasteiger partial charge is 0.462 e. The Labute approximate surface area is 192 Å². The molecule has 1 unspecified atom stereocenters. The van der Waals surface area contributed by atoms with Crippen LogP contribution in [0.15, 0.2) is 24.3 Å². The highest BCUT2D eigenvalue weighted by molar-refractivity contribution is 5.89. The average molecular weight is 433 g/mol.